The van der Waals surface area contributed by atoms with Crippen LogP contribution in [0.4, 0.5) is 0 Å². The van der Waals surface area contributed by atoms with Crippen LogP contribution in [0.2, 0.25) is 0 Å². The highest BCUT2D eigenvalue weighted by Crippen LogP contribution is 2.26. The molecule has 1 aromatic carbocycles. The van der Waals surface area contributed by atoms with Crippen molar-refractivity contribution in [3.63, 3.8) is 0 Å². The zero-order chi connectivity index (χ0) is 14.4. The van der Waals surface area contributed by atoms with E-state index in [2.05, 4.69) is 0 Å². The Kier molecular flexibility index (Phi) is 6.22. The number of rotatable bonds is 6. The minimum absolute atomic E-state index is 0.0605. The SMILES string of the molecule is CCOC(=O)C(c1ccccc1)S(=O)C(C)C(C)C. The van der Waals surface area contributed by atoms with E-state index in [1.54, 1.807) is 6.92 Å². The largest absolute Gasteiger partial charge is 0.465 e. The zero-order valence-electron chi connectivity index (χ0n) is 12.0. The standard InChI is InChI=1S/C15H22O3S/c1-5-18-15(16)14(13-9-7-6-8-10-13)19(17)12(4)11(2)3/h6-12,14H,5H2,1-4H3. The van der Waals surface area contributed by atoms with E-state index in [4.69, 9.17) is 4.74 Å². The lowest BCUT2D eigenvalue weighted by Crippen LogP contribution is -2.29. The molecule has 0 heterocycles. The molecule has 106 valence electrons. The fraction of sp³-hybridized carbons (Fsp3) is 0.533. The molecule has 0 aliphatic rings. The summed E-state index contributed by atoms with van der Waals surface area (Å²) in [5.41, 5.74) is 0.756. The highest BCUT2D eigenvalue weighted by molar-refractivity contribution is 7.86. The second-order valence-corrected chi connectivity index (χ2v) is 6.69. The molecule has 0 aliphatic heterocycles. The smallest absolute Gasteiger partial charge is 0.326 e. The molecule has 0 saturated heterocycles. The van der Waals surface area contributed by atoms with Crippen LogP contribution in [0.5, 0.6) is 0 Å². The molecular formula is C15H22O3S. The van der Waals surface area contributed by atoms with Crippen LogP contribution in [0.15, 0.2) is 30.3 Å². The van der Waals surface area contributed by atoms with E-state index in [9.17, 15) is 9.00 Å². The topological polar surface area (TPSA) is 43.4 Å². The van der Waals surface area contributed by atoms with Crippen molar-refractivity contribution in [2.24, 2.45) is 5.92 Å². The molecule has 0 aliphatic carbocycles. The van der Waals surface area contributed by atoms with Gasteiger partial charge in [-0.2, -0.15) is 0 Å². The van der Waals surface area contributed by atoms with Gasteiger partial charge >= 0.3 is 5.97 Å². The predicted molar refractivity (Wildman–Crippen MR) is 78.3 cm³/mol. The summed E-state index contributed by atoms with van der Waals surface area (Å²) in [6.45, 7) is 7.99. The van der Waals surface area contributed by atoms with E-state index in [1.165, 1.54) is 0 Å². The van der Waals surface area contributed by atoms with E-state index in [0.29, 0.717) is 6.61 Å². The lowest BCUT2D eigenvalue weighted by Gasteiger charge is -2.22. The second kappa shape index (κ2) is 7.43. The average Bonchev–Trinajstić information content (AvgIpc) is 2.39. The summed E-state index contributed by atoms with van der Waals surface area (Å²) in [5, 5.41) is -0.756. The molecule has 19 heavy (non-hydrogen) atoms. The maximum atomic E-state index is 12.6. The van der Waals surface area contributed by atoms with Crippen molar-refractivity contribution in [3.8, 4) is 0 Å². The first-order valence-electron chi connectivity index (χ1n) is 6.60. The number of esters is 1. The number of hydrogen-bond donors (Lipinski definition) is 0. The fourth-order valence-electron chi connectivity index (χ4n) is 1.69. The van der Waals surface area contributed by atoms with Gasteiger partial charge in [0.1, 0.15) is 0 Å². The molecule has 3 nitrogen and oxygen atoms in total. The van der Waals surface area contributed by atoms with Gasteiger partial charge in [-0.25, -0.2) is 0 Å². The summed E-state index contributed by atoms with van der Waals surface area (Å²) in [4.78, 5) is 12.1. The molecule has 0 radical (unpaired) electrons. The van der Waals surface area contributed by atoms with Gasteiger partial charge in [-0.3, -0.25) is 9.00 Å². The van der Waals surface area contributed by atoms with Gasteiger partial charge in [0.2, 0.25) is 0 Å². The predicted octanol–water partition coefficient (Wildman–Crippen LogP) is 3.08. The van der Waals surface area contributed by atoms with Gasteiger partial charge in [-0.05, 0) is 18.4 Å². The van der Waals surface area contributed by atoms with Gasteiger partial charge in [0.05, 0.1) is 6.61 Å². The Morgan fingerprint density at radius 3 is 2.26 bits per heavy atom. The Balaban J connectivity index is 3.06. The molecular weight excluding hydrogens is 260 g/mol. The van der Waals surface area contributed by atoms with E-state index in [0.717, 1.165) is 5.56 Å². The van der Waals surface area contributed by atoms with Crippen LogP contribution in [0.3, 0.4) is 0 Å². The number of ether oxygens (including phenoxy) is 1. The van der Waals surface area contributed by atoms with Crippen LogP contribution in [0, 0.1) is 5.92 Å². The summed E-state index contributed by atoms with van der Waals surface area (Å²) in [6, 6.07) is 9.22. The maximum absolute atomic E-state index is 12.6. The first-order chi connectivity index (χ1) is 8.99. The van der Waals surface area contributed by atoms with Gasteiger partial charge in [0.25, 0.3) is 0 Å². The van der Waals surface area contributed by atoms with Crippen molar-refractivity contribution in [3.05, 3.63) is 35.9 Å². The second-order valence-electron chi connectivity index (χ2n) is 4.82. The van der Waals surface area contributed by atoms with Gasteiger partial charge in [-0.1, -0.05) is 51.1 Å². The van der Waals surface area contributed by atoms with Crippen molar-refractivity contribution >= 4 is 16.8 Å². The highest BCUT2D eigenvalue weighted by atomic mass is 32.2. The van der Waals surface area contributed by atoms with Crippen LogP contribution in [0.25, 0.3) is 0 Å². The molecule has 0 amide bonds. The van der Waals surface area contributed by atoms with Crippen LogP contribution in [-0.4, -0.2) is 22.0 Å². The highest BCUT2D eigenvalue weighted by Gasteiger charge is 2.32. The van der Waals surface area contributed by atoms with Crippen molar-refractivity contribution in [2.75, 3.05) is 6.61 Å². The van der Waals surface area contributed by atoms with Crippen LogP contribution < -0.4 is 0 Å². The van der Waals surface area contributed by atoms with Gasteiger partial charge < -0.3 is 4.74 Å². The lowest BCUT2D eigenvalue weighted by atomic mass is 10.1. The van der Waals surface area contributed by atoms with Crippen LogP contribution >= 0.6 is 0 Å². The molecule has 3 atom stereocenters. The number of benzene rings is 1. The Morgan fingerprint density at radius 1 is 1.21 bits per heavy atom. The third-order valence-electron chi connectivity index (χ3n) is 3.14. The third kappa shape index (κ3) is 4.16. The third-order valence-corrected chi connectivity index (χ3v) is 5.35. The fourth-order valence-corrected chi connectivity index (χ4v) is 3.34. The van der Waals surface area contributed by atoms with E-state index >= 15 is 0 Å². The summed E-state index contributed by atoms with van der Waals surface area (Å²) in [7, 11) is -1.29. The van der Waals surface area contributed by atoms with Crippen molar-refractivity contribution < 1.29 is 13.7 Å². The minimum atomic E-state index is -1.29. The Morgan fingerprint density at radius 2 is 1.79 bits per heavy atom. The lowest BCUT2D eigenvalue weighted by molar-refractivity contribution is -0.142. The monoisotopic (exact) mass is 282 g/mol. The molecule has 0 spiro atoms. The molecule has 0 bridgehead atoms. The van der Waals surface area contributed by atoms with Crippen LogP contribution in [-0.2, 0) is 20.3 Å². The molecule has 3 unspecified atom stereocenters. The van der Waals surface area contributed by atoms with Crippen LogP contribution in [0.1, 0.15) is 38.5 Å². The van der Waals surface area contributed by atoms with Gasteiger partial charge in [-0.15, -0.1) is 0 Å². The Labute approximate surface area is 117 Å². The van der Waals surface area contributed by atoms with Gasteiger partial charge in [0, 0.05) is 16.0 Å². The number of carbonyl (C=O) groups excluding carboxylic acids is 1. The minimum Gasteiger partial charge on any atom is -0.465 e. The quantitative estimate of drug-likeness (QED) is 0.753. The first kappa shape index (κ1) is 15.9. The molecule has 4 heteroatoms. The first-order valence-corrected chi connectivity index (χ1v) is 7.87. The molecule has 1 rings (SSSR count). The van der Waals surface area contributed by atoms with Crippen molar-refractivity contribution in [2.45, 2.75) is 38.2 Å². The van der Waals surface area contributed by atoms with Crippen molar-refractivity contribution in [1.82, 2.24) is 0 Å². The molecule has 0 aromatic heterocycles. The molecule has 0 N–H and O–H groups in total. The number of hydrogen-bond acceptors (Lipinski definition) is 3. The van der Waals surface area contributed by atoms with E-state index in [1.807, 2.05) is 51.1 Å². The summed E-state index contributed by atoms with van der Waals surface area (Å²) >= 11 is 0. The summed E-state index contributed by atoms with van der Waals surface area (Å²) in [6.07, 6.45) is 0. The molecule has 0 saturated carbocycles. The van der Waals surface area contributed by atoms with Crippen molar-refractivity contribution in [1.29, 1.82) is 0 Å². The molecule has 1 aromatic rings. The average molecular weight is 282 g/mol. The van der Waals surface area contributed by atoms with E-state index < -0.39 is 22.0 Å². The van der Waals surface area contributed by atoms with E-state index in [-0.39, 0.29) is 11.2 Å². The zero-order valence-corrected chi connectivity index (χ0v) is 12.8. The molecule has 0 fully saturated rings. The summed E-state index contributed by atoms with van der Waals surface area (Å²) < 4.78 is 17.7. The Hall–Kier alpha value is -1.16. The number of carbonyl (C=O) groups is 1. The maximum Gasteiger partial charge on any atom is 0.326 e. The van der Waals surface area contributed by atoms with Gasteiger partial charge in [0.15, 0.2) is 5.25 Å². The Bertz CT molecular complexity index is 428. The normalized spacial score (nSPS) is 15.8. The summed E-state index contributed by atoms with van der Waals surface area (Å²) in [5.74, 6) is -0.152.